The van der Waals surface area contributed by atoms with Gasteiger partial charge in [0.1, 0.15) is 5.75 Å². The van der Waals surface area contributed by atoms with Gasteiger partial charge in [0, 0.05) is 36.8 Å². The highest BCUT2D eigenvalue weighted by Crippen LogP contribution is 2.28. The van der Waals surface area contributed by atoms with Gasteiger partial charge < -0.3 is 9.64 Å². The fourth-order valence-electron chi connectivity index (χ4n) is 3.71. The summed E-state index contributed by atoms with van der Waals surface area (Å²) >= 11 is 0. The molecule has 6 heteroatoms. The molecule has 1 aromatic heterocycles. The number of nitrogens with one attached hydrogen (secondary N) is 1. The van der Waals surface area contributed by atoms with Crippen LogP contribution in [0.2, 0.25) is 0 Å². The minimum absolute atomic E-state index is 0.0891. The van der Waals surface area contributed by atoms with Crippen molar-refractivity contribution >= 4 is 16.8 Å². The van der Waals surface area contributed by atoms with Crippen LogP contribution in [0.1, 0.15) is 36.2 Å². The summed E-state index contributed by atoms with van der Waals surface area (Å²) in [7, 11) is 2.03. The van der Waals surface area contributed by atoms with Crippen molar-refractivity contribution in [3.63, 3.8) is 0 Å². The third-order valence-electron chi connectivity index (χ3n) is 5.13. The highest BCUT2D eigenvalue weighted by molar-refractivity contribution is 6.05. The Bertz CT molecular complexity index is 807. The number of hydrogen-bond acceptors (Lipinski definition) is 4. The van der Waals surface area contributed by atoms with Gasteiger partial charge >= 0.3 is 0 Å². The van der Waals surface area contributed by atoms with Crippen molar-refractivity contribution in [3.8, 4) is 5.75 Å². The van der Waals surface area contributed by atoms with Gasteiger partial charge in [0.05, 0.1) is 11.6 Å². The number of hydrogen-bond donors (Lipinski definition) is 1. The molecule has 1 aliphatic carbocycles. The second-order valence-electron chi connectivity index (χ2n) is 7.06. The molecule has 0 radical (unpaired) electrons. The average Bonchev–Trinajstić information content (AvgIpc) is 3.23. The minimum Gasteiger partial charge on any atom is -0.490 e. The van der Waals surface area contributed by atoms with Crippen LogP contribution in [0.5, 0.6) is 5.75 Å². The largest absolute Gasteiger partial charge is 0.490 e. The number of fused-ring (bicyclic) bond motifs is 1. The lowest BCUT2D eigenvalue weighted by atomic mass is 10.1. The van der Waals surface area contributed by atoms with Crippen molar-refractivity contribution in [1.29, 1.82) is 0 Å². The number of amides is 1. The predicted molar refractivity (Wildman–Crippen MR) is 96.7 cm³/mol. The van der Waals surface area contributed by atoms with Crippen LogP contribution in [-0.4, -0.2) is 58.7 Å². The van der Waals surface area contributed by atoms with Crippen LogP contribution in [-0.2, 0) is 0 Å². The lowest BCUT2D eigenvalue weighted by Crippen LogP contribution is -2.45. The summed E-state index contributed by atoms with van der Waals surface area (Å²) in [6.45, 7) is 6.22. The van der Waals surface area contributed by atoms with Crippen molar-refractivity contribution < 1.29 is 9.53 Å². The molecule has 2 heterocycles. The molecule has 0 bridgehead atoms. The molecular formula is C19H24N4O2. The van der Waals surface area contributed by atoms with Gasteiger partial charge in [0.2, 0.25) is 0 Å². The zero-order chi connectivity index (χ0) is 17.4. The van der Waals surface area contributed by atoms with Gasteiger partial charge in [0.25, 0.3) is 5.91 Å². The van der Waals surface area contributed by atoms with Gasteiger partial charge in [-0.05, 0) is 44.9 Å². The number of aromatic amines is 1. The quantitative estimate of drug-likeness (QED) is 0.933. The lowest BCUT2D eigenvalue weighted by molar-refractivity contribution is 0.0744. The fraction of sp³-hybridized carbons (Fsp3) is 0.474. The Balaban J connectivity index is 1.56. The van der Waals surface area contributed by atoms with E-state index >= 15 is 0 Å². The maximum Gasteiger partial charge on any atom is 0.279 e. The molecular weight excluding hydrogens is 316 g/mol. The highest BCUT2D eigenvalue weighted by Gasteiger charge is 2.27. The third-order valence-corrected chi connectivity index (χ3v) is 5.13. The Hall–Kier alpha value is -2.34. The molecule has 1 amide bonds. The van der Waals surface area contributed by atoms with Crippen LogP contribution in [0, 0.1) is 0 Å². The fourth-order valence-corrected chi connectivity index (χ4v) is 3.71. The normalized spacial score (nSPS) is 19.7. The minimum atomic E-state index is -0.0891. The van der Waals surface area contributed by atoms with E-state index in [9.17, 15) is 4.79 Å². The van der Waals surface area contributed by atoms with Gasteiger partial charge in [-0.1, -0.05) is 6.58 Å². The number of likely N-dealkylation sites (N-methyl/N-ethyl adjacent to an activating group) is 1. The van der Waals surface area contributed by atoms with E-state index in [2.05, 4.69) is 21.7 Å². The molecule has 2 aromatic rings. The van der Waals surface area contributed by atoms with Gasteiger partial charge in [0.15, 0.2) is 5.69 Å². The summed E-state index contributed by atoms with van der Waals surface area (Å²) < 4.78 is 6.04. The smallest absolute Gasteiger partial charge is 0.279 e. The first-order valence-electron chi connectivity index (χ1n) is 8.95. The van der Waals surface area contributed by atoms with Gasteiger partial charge in [-0.2, -0.15) is 5.10 Å². The summed E-state index contributed by atoms with van der Waals surface area (Å²) in [6.07, 6.45) is 5.04. The summed E-state index contributed by atoms with van der Waals surface area (Å²) in [5, 5.41) is 8.08. The van der Waals surface area contributed by atoms with E-state index < -0.39 is 0 Å². The maximum absolute atomic E-state index is 12.9. The Morgan fingerprint density at radius 3 is 2.88 bits per heavy atom. The molecule has 1 aromatic carbocycles. The van der Waals surface area contributed by atoms with Gasteiger partial charge in [-0.15, -0.1) is 0 Å². The zero-order valence-corrected chi connectivity index (χ0v) is 14.6. The number of rotatable bonds is 3. The Morgan fingerprint density at radius 2 is 2.12 bits per heavy atom. The van der Waals surface area contributed by atoms with E-state index in [-0.39, 0.29) is 5.91 Å². The van der Waals surface area contributed by atoms with E-state index in [0.717, 1.165) is 41.7 Å². The molecule has 6 nitrogen and oxygen atoms in total. The van der Waals surface area contributed by atoms with Crippen LogP contribution in [0.3, 0.4) is 0 Å². The van der Waals surface area contributed by atoms with Crippen molar-refractivity contribution in [2.24, 2.45) is 0 Å². The average molecular weight is 340 g/mol. The molecule has 1 saturated carbocycles. The van der Waals surface area contributed by atoms with E-state index in [1.54, 1.807) is 4.90 Å². The molecule has 132 valence electrons. The number of carbonyl (C=O) groups excluding carboxylic acids is 1. The lowest BCUT2D eigenvalue weighted by Gasteiger charge is -2.33. The summed E-state index contributed by atoms with van der Waals surface area (Å²) in [4.78, 5) is 16.8. The van der Waals surface area contributed by atoms with E-state index in [1.165, 1.54) is 12.8 Å². The van der Waals surface area contributed by atoms with Gasteiger partial charge in [-0.25, -0.2) is 0 Å². The Labute approximate surface area is 147 Å². The molecule has 1 aliphatic heterocycles. The monoisotopic (exact) mass is 340 g/mol. The molecule has 1 N–H and O–H groups in total. The first-order chi connectivity index (χ1) is 12.1. The number of ether oxygens (including phenoxy) is 1. The van der Waals surface area contributed by atoms with Crippen molar-refractivity contribution in [3.05, 3.63) is 36.2 Å². The summed E-state index contributed by atoms with van der Waals surface area (Å²) in [6, 6.07) is 5.80. The molecule has 0 atom stereocenters. The second kappa shape index (κ2) is 6.52. The standard InChI is InChI=1S/C19H24N4O2/c1-13-12-22(2)9-10-23(13)19(24)18-16-8-7-15(11-17(16)20-21-18)25-14-5-3-4-6-14/h7-8,11,14H,1,3-6,9-10,12H2,2H3,(H,20,21). The van der Waals surface area contributed by atoms with Crippen molar-refractivity contribution in [2.45, 2.75) is 31.8 Å². The van der Waals surface area contributed by atoms with E-state index in [1.807, 2.05) is 25.2 Å². The Morgan fingerprint density at radius 1 is 1.32 bits per heavy atom. The molecule has 0 spiro atoms. The number of nitrogens with zero attached hydrogens (tertiary/aromatic N) is 3. The molecule has 0 unspecified atom stereocenters. The number of aromatic nitrogens is 2. The third kappa shape index (κ3) is 3.14. The summed E-state index contributed by atoms with van der Waals surface area (Å²) in [5.74, 6) is 0.750. The predicted octanol–water partition coefficient (Wildman–Crippen LogP) is 2.79. The number of benzene rings is 1. The molecule has 4 rings (SSSR count). The summed E-state index contributed by atoms with van der Waals surface area (Å²) in [5.41, 5.74) is 2.10. The highest BCUT2D eigenvalue weighted by atomic mass is 16.5. The number of carbonyl (C=O) groups is 1. The topological polar surface area (TPSA) is 61.5 Å². The number of piperazine rings is 1. The molecule has 1 saturated heterocycles. The van der Waals surface area contributed by atoms with Crippen LogP contribution in [0.4, 0.5) is 0 Å². The van der Waals surface area contributed by atoms with Crippen LogP contribution >= 0.6 is 0 Å². The Kier molecular flexibility index (Phi) is 4.21. The second-order valence-corrected chi connectivity index (χ2v) is 7.06. The van der Waals surface area contributed by atoms with Crippen LogP contribution < -0.4 is 4.74 Å². The first kappa shape index (κ1) is 16.1. The van der Waals surface area contributed by atoms with E-state index in [0.29, 0.717) is 24.9 Å². The SMILES string of the molecule is C=C1CN(C)CCN1C(=O)c1n[nH]c2cc(OC3CCCC3)ccc12. The maximum atomic E-state index is 12.9. The molecule has 2 aliphatic rings. The van der Waals surface area contributed by atoms with Crippen molar-refractivity contribution in [2.75, 3.05) is 26.7 Å². The first-order valence-corrected chi connectivity index (χ1v) is 8.95. The molecule has 2 fully saturated rings. The van der Waals surface area contributed by atoms with Crippen LogP contribution in [0.25, 0.3) is 10.9 Å². The number of H-pyrrole nitrogens is 1. The van der Waals surface area contributed by atoms with Crippen LogP contribution in [0.15, 0.2) is 30.5 Å². The van der Waals surface area contributed by atoms with E-state index in [4.69, 9.17) is 4.74 Å². The zero-order valence-electron chi connectivity index (χ0n) is 14.6. The molecule has 25 heavy (non-hydrogen) atoms. The van der Waals surface area contributed by atoms with Gasteiger partial charge in [-0.3, -0.25) is 14.8 Å². The van der Waals surface area contributed by atoms with Crippen molar-refractivity contribution in [1.82, 2.24) is 20.0 Å².